The first-order valence-electron chi connectivity index (χ1n) is 16.2. The van der Waals surface area contributed by atoms with Gasteiger partial charge < -0.3 is 36.4 Å². The molecule has 0 aromatic heterocycles. The molecule has 9 N–H and O–H groups in total. The van der Waals surface area contributed by atoms with Crippen LogP contribution >= 0.6 is 0 Å². The second-order valence-corrected chi connectivity index (χ2v) is 18.0. The molecule has 0 aliphatic carbocycles. The molecule has 0 unspecified atom stereocenters. The third-order valence-electron chi connectivity index (χ3n) is 8.27. The Kier molecular flexibility index (Phi) is 14.1. The first-order valence-corrected chi connectivity index (χ1v) is 21.9. The number of rotatable bonds is 10. The van der Waals surface area contributed by atoms with E-state index in [9.17, 15) is 92.5 Å². The molecular weight excluding hydrogens is 997 g/mol. The van der Waals surface area contributed by atoms with Gasteiger partial charge in [0, 0.05) is 35.0 Å². The van der Waals surface area contributed by atoms with E-state index in [1.54, 1.807) is 0 Å². The van der Waals surface area contributed by atoms with Crippen molar-refractivity contribution in [3.63, 3.8) is 0 Å². The van der Waals surface area contributed by atoms with Crippen LogP contribution in [0.1, 0.15) is 0 Å². The maximum absolute atomic E-state index is 12.8. The van der Waals surface area contributed by atoms with Crippen LogP contribution in [0.25, 0.3) is 21.5 Å². The summed E-state index contributed by atoms with van der Waals surface area (Å²) in [5.74, 6) is -3.77. The van der Waals surface area contributed by atoms with E-state index in [0.717, 1.165) is 48.5 Å². The smallest absolute Gasteiger partial charge is 0.871 e. The third kappa shape index (κ3) is 11.0. The van der Waals surface area contributed by atoms with Gasteiger partial charge in [0.1, 0.15) is 37.0 Å². The van der Waals surface area contributed by atoms with Gasteiger partial charge in [0.2, 0.25) is 0 Å². The van der Waals surface area contributed by atoms with E-state index in [-0.39, 0.29) is 39.5 Å². The summed E-state index contributed by atoms with van der Waals surface area (Å²) < 4.78 is 132. The molecule has 0 spiro atoms. The molecule has 33 heteroatoms. The fraction of sp³-hybridized carbons (Fsp3) is 0. The molecule has 6 aromatic rings. The van der Waals surface area contributed by atoms with E-state index in [4.69, 9.17) is 11.5 Å². The van der Waals surface area contributed by atoms with Crippen molar-refractivity contribution in [2.75, 3.05) is 11.5 Å². The second kappa shape index (κ2) is 18.1. The van der Waals surface area contributed by atoms with Gasteiger partial charge in [0.05, 0.1) is 37.1 Å². The molecule has 6 rings (SSSR count). The van der Waals surface area contributed by atoms with Crippen LogP contribution in [0.4, 0.5) is 45.5 Å². The Bertz CT molecular complexity index is 3300. The number of fused-ring (bicyclic) bond motifs is 2. The van der Waals surface area contributed by atoms with Crippen LogP contribution in [0.5, 0.6) is 23.0 Å². The minimum atomic E-state index is -5.13. The Labute approximate surface area is 372 Å². The Morgan fingerprint density at radius 1 is 0.554 bits per heavy atom. The SMILES string of the molecule is Nc1cc(S(=O)(=O)O)cc2cc(S(=O)(=O)O)c(N=Nc3ccc([N+](=O)[O-])cc3O)c(O)c12.Nc1cc(S(=O)(=O)[O-])cc2cc(S(=O)(=O)O)c(N=Nc3ccc([N+](=O)[O-])cc3[O-])c([O-])c12.[Cr+3]. The molecule has 339 valence electrons. The summed E-state index contributed by atoms with van der Waals surface area (Å²) in [4.78, 5) is 16.2. The number of non-ortho nitro benzene ring substituents is 2. The van der Waals surface area contributed by atoms with Crippen LogP contribution in [0.3, 0.4) is 0 Å². The van der Waals surface area contributed by atoms with Crippen LogP contribution in [-0.4, -0.2) is 71.9 Å². The van der Waals surface area contributed by atoms with Crippen molar-refractivity contribution in [3.05, 3.63) is 93.0 Å². The quantitative estimate of drug-likeness (QED) is 0.0338. The summed E-state index contributed by atoms with van der Waals surface area (Å²) in [5.41, 5.74) is 6.89. The molecule has 65 heavy (non-hydrogen) atoms. The fourth-order valence-electron chi connectivity index (χ4n) is 5.46. The number of azo groups is 2. The zero-order chi connectivity index (χ0) is 48.0. The maximum atomic E-state index is 12.8. The number of phenolic OH excluding ortho intramolecular Hbond substituents is 2. The number of benzene rings is 6. The predicted molar refractivity (Wildman–Crippen MR) is 211 cm³/mol. The van der Waals surface area contributed by atoms with Crippen LogP contribution in [-0.2, 0) is 57.8 Å². The van der Waals surface area contributed by atoms with Crippen molar-refractivity contribution in [2.24, 2.45) is 20.5 Å². The summed E-state index contributed by atoms with van der Waals surface area (Å²) in [6.45, 7) is 0. The number of hydrogen-bond donors (Lipinski definition) is 7. The minimum Gasteiger partial charge on any atom is -0.871 e. The molecule has 6 aromatic carbocycles. The fourth-order valence-corrected chi connectivity index (χ4v) is 7.87. The van der Waals surface area contributed by atoms with Crippen molar-refractivity contribution < 1.29 is 99.5 Å². The molecule has 0 atom stereocenters. The van der Waals surface area contributed by atoms with E-state index in [2.05, 4.69) is 20.5 Å². The molecule has 0 saturated heterocycles. The molecule has 0 bridgehead atoms. The largest absolute Gasteiger partial charge is 3.00 e. The predicted octanol–water partition coefficient (Wildman–Crippen LogP) is 3.69. The van der Waals surface area contributed by atoms with Gasteiger partial charge in [0.25, 0.3) is 41.7 Å². The van der Waals surface area contributed by atoms with Gasteiger partial charge in [-0.15, -0.1) is 15.3 Å². The Morgan fingerprint density at radius 3 is 1.49 bits per heavy atom. The molecule has 0 fully saturated rings. The van der Waals surface area contributed by atoms with E-state index in [1.165, 1.54) is 0 Å². The van der Waals surface area contributed by atoms with E-state index < -0.39 is 138 Å². The maximum Gasteiger partial charge on any atom is 3.00 e. The molecule has 28 nitrogen and oxygen atoms in total. The van der Waals surface area contributed by atoms with Gasteiger partial charge in [-0.25, -0.2) is 8.42 Å². The number of anilines is 2. The van der Waals surface area contributed by atoms with E-state index >= 15 is 0 Å². The first kappa shape index (κ1) is 50.5. The number of aromatic hydroxyl groups is 2. The van der Waals surface area contributed by atoms with Crippen LogP contribution < -0.4 is 21.7 Å². The summed E-state index contributed by atoms with van der Waals surface area (Å²) in [5, 5.41) is 79.1. The number of nitro groups is 2. The van der Waals surface area contributed by atoms with Crippen molar-refractivity contribution in [1.29, 1.82) is 0 Å². The van der Waals surface area contributed by atoms with Gasteiger partial charge in [-0.3, -0.25) is 33.9 Å². The van der Waals surface area contributed by atoms with Crippen LogP contribution in [0.15, 0.2) is 113 Å². The number of hydrogen-bond acceptors (Lipinski definition) is 23. The van der Waals surface area contributed by atoms with Crippen molar-refractivity contribution in [3.8, 4) is 23.0 Å². The molecule has 0 amide bonds. The average molecular weight is 1020 g/mol. The second-order valence-electron chi connectivity index (χ2n) is 12.5. The monoisotopic (exact) mass is 1020 g/mol. The zero-order valence-electron chi connectivity index (χ0n) is 31.2. The summed E-state index contributed by atoms with van der Waals surface area (Å²) in [6, 6.07) is 9.55. The Morgan fingerprint density at radius 2 is 1.00 bits per heavy atom. The van der Waals surface area contributed by atoms with Crippen LogP contribution in [0.2, 0.25) is 0 Å². The van der Waals surface area contributed by atoms with Crippen molar-refractivity contribution in [2.45, 2.75) is 19.6 Å². The molecule has 0 aliphatic heterocycles. The number of nitrogen functional groups attached to an aromatic ring is 2. The Hall–Kier alpha value is -7.19. The normalized spacial score (nSPS) is 12.2. The topological polar surface area (TPSA) is 495 Å². The van der Waals surface area contributed by atoms with Gasteiger partial charge in [-0.2, -0.15) is 30.4 Å². The number of nitrogens with two attached hydrogens (primary N) is 2. The zero-order valence-corrected chi connectivity index (χ0v) is 35.7. The first-order chi connectivity index (χ1) is 29.4. The van der Waals surface area contributed by atoms with Gasteiger partial charge in [-0.1, -0.05) is 11.5 Å². The Balaban J connectivity index is 0.000000280. The molecule has 0 saturated carbocycles. The molecule has 0 aliphatic rings. The number of phenols is 2. The molecule has 0 heterocycles. The van der Waals surface area contributed by atoms with Gasteiger partial charge in [-0.05, 0) is 64.7 Å². The number of nitro benzene ring substituents is 2. The number of nitrogens with zero attached hydrogens (tertiary/aromatic N) is 6. The van der Waals surface area contributed by atoms with Gasteiger partial charge >= 0.3 is 17.4 Å². The summed E-state index contributed by atoms with van der Waals surface area (Å²) >= 11 is 0. The standard InChI is InChI=1S/2C16H12N4O10S2.Cr/c2*17-10-6-9(31(25,26)27)3-7-4-13(32(28,29)30)15(16(22)14(7)10)19-18-11-2-1-8(20(23)24)5-12(11)21;/h2*1-6,21-22H,17H2,(H,25,26,27)(H,28,29,30);/q;;+3/p-3. The van der Waals surface area contributed by atoms with Crippen LogP contribution in [0, 0.1) is 20.2 Å². The van der Waals surface area contributed by atoms with Gasteiger partial charge in [0.15, 0.2) is 5.75 Å². The summed E-state index contributed by atoms with van der Waals surface area (Å²) in [6.07, 6.45) is 0. The van der Waals surface area contributed by atoms with E-state index in [1.807, 2.05) is 0 Å². The van der Waals surface area contributed by atoms with E-state index in [0.29, 0.717) is 24.3 Å². The summed E-state index contributed by atoms with van der Waals surface area (Å²) in [7, 11) is -19.9. The molecular formula is C32H21CrN8O20S4. The third-order valence-corrected chi connectivity index (χ3v) is 11.6. The average Bonchev–Trinajstić information content (AvgIpc) is 3.16. The van der Waals surface area contributed by atoms with Crippen molar-refractivity contribution in [1.82, 2.24) is 0 Å². The molecule has 1 radical (unpaired) electrons. The van der Waals surface area contributed by atoms with Crippen molar-refractivity contribution >= 4 is 108 Å². The minimum absolute atomic E-state index is 0.